The van der Waals surface area contributed by atoms with Gasteiger partial charge in [-0.2, -0.15) is 0 Å². The van der Waals surface area contributed by atoms with E-state index in [0.717, 1.165) is 0 Å². The molecule has 0 aromatic heterocycles. The first-order valence-electron chi connectivity index (χ1n) is 18.3. The van der Waals surface area contributed by atoms with E-state index in [0.29, 0.717) is 5.56 Å². The Labute approximate surface area is 315 Å². The van der Waals surface area contributed by atoms with Gasteiger partial charge in [0, 0.05) is 13.0 Å². The van der Waals surface area contributed by atoms with E-state index in [4.69, 9.17) is 22.9 Å². The number of amides is 7. The molecule has 0 spiro atoms. The molecule has 1 heterocycles. The van der Waals surface area contributed by atoms with Crippen LogP contribution in [0, 0.1) is 5.92 Å². The molecule has 19 nitrogen and oxygen atoms in total. The van der Waals surface area contributed by atoms with Crippen molar-refractivity contribution in [1.82, 2.24) is 37.2 Å². The summed E-state index contributed by atoms with van der Waals surface area (Å²) in [5.41, 5.74) is 24.1. The molecule has 1 aliphatic rings. The normalized spacial score (nSPS) is 26.7. The number of hydrogen-bond donors (Lipinski definition) is 12. The number of nitrogens with one attached hydrogen (secondary N) is 7. The first kappa shape index (κ1) is 45.5. The van der Waals surface area contributed by atoms with Crippen molar-refractivity contribution in [2.75, 3.05) is 26.2 Å². The van der Waals surface area contributed by atoms with E-state index < -0.39 is 89.7 Å². The summed E-state index contributed by atoms with van der Waals surface area (Å²) in [6.07, 6.45) is -1.43. The van der Waals surface area contributed by atoms with Crippen molar-refractivity contribution in [2.24, 2.45) is 28.9 Å². The Hall–Kier alpha value is -4.69. The Morgan fingerprint density at radius 3 is 1.52 bits per heavy atom. The largest absolute Gasteiger partial charge is 0.391 e. The number of aliphatic hydroxyl groups excluding tert-OH is 1. The van der Waals surface area contributed by atoms with Gasteiger partial charge < -0.3 is 65.3 Å². The fraction of sp³-hybridized carbons (Fsp3) is 0.629. The summed E-state index contributed by atoms with van der Waals surface area (Å²) in [6.45, 7) is 4.70. The summed E-state index contributed by atoms with van der Waals surface area (Å²) < 4.78 is 0. The second kappa shape index (κ2) is 23.2. The molecule has 1 aliphatic heterocycles. The second-order valence-electron chi connectivity index (χ2n) is 13.8. The molecule has 1 fully saturated rings. The third-order valence-corrected chi connectivity index (χ3v) is 8.67. The van der Waals surface area contributed by atoms with Crippen LogP contribution in [0.4, 0.5) is 0 Å². The molecule has 1 unspecified atom stereocenters. The van der Waals surface area contributed by atoms with Crippen molar-refractivity contribution < 1.29 is 38.7 Å². The van der Waals surface area contributed by atoms with E-state index >= 15 is 0 Å². The van der Waals surface area contributed by atoms with Crippen LogP contribution in [0.15, 0.2) is 30.3 Å². The van der Waals surface area contributed by atoms with Gasteiger partial charge in [0.1, 0.15) is 36.3 Å². The van der Waals surface area contributed by atoms with Crippen LogP contribution in [0.3, 0.4) is 0 Å². The molecule has 0 aliphatic carbocycles. The minimum absolute atomic E-state index is 0.00796. The number of benzene rings is 1. The second-order valence-corrected chi connectivity index (χ2v) is 13.8. The van der Waals surface area contributed by atoms with E-state index in [9.17, 15) is 38.7 Å². The van der Waals surface area contributed by atoms with Crippen molar-refractivity contribution in [1.29, 1.82) is 0 Å². The highest BCUT2D eigenvalue weighted by Crippen LogP contribution is 2.10. The van der Waals surface area contributed by atoms with E-state index in [2.05, 4.69) is 37.2 Å². The monoisotopic (exact) mass is 761 g/mol. The molecule has 19 heteroatoms. The van der Waals surface area contributed by atoms with Gasteiger partial charge in [0.2, 0.25) is 41.4 Å². The van der Waals surface area contributed by atoms with Gasteiger partial charge in [-0.1, -0.05) is 44.2 Å². The predicted octanol–water partition coefficient (Wildman–Crippen LogP) is -4.54. The maximum Gasteiger partial charge on any atom is 0.245 e. The van der Waals surface area contributed by atoms with E-state index in [-0.39, 0.29) is 70.6 Å². The van der Waals surface area contributed by atoms with E-state index in [1.807, 2.05) is 13.8 Å². The zero-order valence-electron chi connectivity index (χ0n) is 31.3. The maximum atomic E-state index is 13.9. The van der Waals surface area contributed by atoms with E-state index in [1.165, 1.54) is 6.92 Å². The zero-order chi connectivity index (χ0) is 40.4. The van der Waals surface area contributed by atoms with Crippen molar-refractivity contribution in [3.63, 3.8) is 0 Å². The Bertz CT molecular complexity index is 1410. The van der Waals surface area contributed by atoms with E-state index in [1.54, 1.807) is 30.3 Å². The summed E-state index contributed by atoms with van der Waals surface area (Å²) >= 11 is 0. The van der Waals surface area contributed by atoms with Gasteiger partial charge in [-0.05, 0) is 70.1 Å². The zero-order valence-corrected chi connectivity index (χ0v) is 31.3. The lowest BCUT2D eigenvalue weighted by Gasteiger charge is -2.28. The average molecular weight is 762 g/mol. The van der Waals surface area contributed by atoms with Crippen LogP contribution in [-0.2, 0) is 40.0 Å². The molecule has 2 rings (SSSR count). The van der Waals surface area contributed by atoms with Crippen molar-refractivity contribution >= 4 is 41.4 Å². The minimum atomic E-state index is -1.47. The van der Waals surface area contributed by atoms with Crippen LogP contribution >= 0.6 is 0 Å². The topological polar surface area (TPSA) is 328 Å². The minimum Gasteiger partial charge on any atom is -0.391 e. The third kappa shape index (κ3) is 15.0. The average Bonchev–Trinajstić information content (AvgIpc) is 3.11. The SMILES string of the molecule is CC(C)C[C@@H]1NC(=O)[C@@H](Cc2ccccc2)NC(=O)[C@H](CCN)NC(=O)[C@@H](N)CCNC(=O)[C@H](C(C)O)NC(=O)[C@H](CCN)NC(=O)[C@H](CCN)NC1=O. The summed E-state index contributed by atoms with van der Waals surface area (Å²) in [4.78, 5) is 94.4. The molecular formula is C35H59N11O8. The molecule has 1 saturated heterocycles. The highest BCUT2D eigenvalue weighted by atomic mass is 16.3. The van der Waals surface area contributed by atoms with Crippen LogP contribution in [0.2, 0.25) is 0 Å². The first-order chi connectivity index (χ1) is 25.6. The molecule has 0 radical (unpaired) electrons. The summed E-state index contributed by atoms with van der Waals surface area (Å²) in [6, 6.07) is 0.0502. The van der Waals surface area contributed by atoms with Crippen LogP contribution < -0.4 is 60.2 Å². The van der Waals surface area contributed by atoms with Gasteiger partial charge in [-0.3, -0.25) is 33.6 Å². The number of carbonyl (C=O) groups excluding carboxylic acids is 7. The highest BCUT2D eigenvalue weighted by Gasteiger charge is 2.34. The van der Waals surface area contributed by atoms with Gasteiger partial charge in [-0.25, -0.2) is 0 Å². The molecule has 0 saturated carbocycles. The highest BCUT2D eigenvalue weighted by molar-refractivity contribution is 5.97. The molecule has 302 valence electrons. The van der Waals surface area contributed by atoms with Crippen molar-refractivity contribution in [2.45, 2.75) is 108 Å². The third-order valence-electron chi connectivity index (χ3n) is 8.67. The van der Waals surface area contributed by atoms with Crippen LogP contribution in [0.1, 0.15) is 58.4 Å². The maximum absolute atomic E-state index is 13.9. The molecule has 16 N–H and O–H groups in total. The molecule has 0 bridgehead atoms. The van der Waals surface area contributed by atoms with Gasteiger partial charge in [0.15, 0.2) is 0 Å². The number of aliphatic hydroxyl groups is 1. The molecule has 7 amide bonds. The van der Waals surface area contributed by atoms with Gasteiger partial charge in [0.05, 0.1) is 12.1 Å². The Balaban J connectivity index is 2.57. The quantitative estimate of drug-likeness (QED) is 0.102. The fourth-order valence-electron chi connectivity index (χ4n) is 5.69. The van der Waals surface area contributed by atoms with Gasteiger partial charge >= 0.3 is 0 Å². The lowest BCUT2D eigenvalue weighted by molar-refractivity contribution is -0.136. The smallest absolute Gasteiger partial charge is 0.245 e. The van der Waals surface area contributed by atoms with Crippen molar-refractivity contribution in [3.05, 3.63) is 35.9 Å². The number of carbonyl (C=O) groups is 7. The predicted molar refractivity (Wildman–Crippen MR) is 199 cm³/mol. The van der Waals surface area contributed by atoms with Crippen LogP contribution in [-0.4, -0.2) is 121 Å². The van der Waals surface area contributed by atoms with Crippen LogP contribution in [0.5, 0.6) is 0 Å². The lowest BCUT2D eigenvalue weighted by atomic mass is 10.00. The van der Waals surface area contributed by atoms with Gasteiger partial charge in [0.25, 0.3) is 0 Å². The Kier molecular flexibility index (Phi) is 19.5. The fourth-order valence-corrected chi connectivity index (χ4v) is 5.69. The number of hydrogen-bond acceptors (Lipinski definition) is 12. The Morgan fingerprint density at radius 1 is 0.611 bits per heavy atom. The number of nitrogens with two attached hydrogens (primary N) is 4. The molecule has 8 atom stereocenters. The van der Waals surface area contributed by atoms with Gasteiger partial charge in [-0.15, -0.1) is 0 Å². The standard InChI is InChI=1S/C35H59N11O8/c1-19(2)17-26-33(52)43-24(10-14-37)30(49)42-25(11-15-38)32(51)46-28(20(3)47)35(54)40-16-12-22(39)29(48)41-23(9-13-36)31(50)45-27(34(53)44-26)18-21-7-5-4-6-8-21/h4-8,19-20,22-28,47H,9-18,36-39H2,1-3H3,(H,40,54)(H,41,48)(H,42,49)(H,43,52)(H,44,53)(H,45,50)(H,46,51)/t20?,22-,23-,24-,25-,26-,27+,28-/m0/s1. The van der Waals surface area contributed by atoms with Crippen LogP contribution in [0.25, 0.3) is 0 Å². The summed E-state index contributed by atoms with van der Waals surface area (Å²) in [7, 11) is 0. The number of rotatable bonds is 11. The first-order valence-corrected chi connectivity index (χ1v) is 18.3. The molecule has 1 aromatic rings. The van der Waals surface area contributed by atoms with Crippen molar-refractivity contribution in [3.8, 4) is 0 Å². The lowest BCUT2D eigenvalue weighted by Crippen LogP contribution is -2.61. The summed E-state index contributed by atoms with van der Waals surface area (Å²) in [5.74, 6) is -5.41. The summed E-state index contributed by atoms with van der Waals surface area (Å²) in [5, 5.41) is 28.5. The molecular weight excluding hydrogens is 702 g/mol. The molecule has 54 heavy (non-hydrogen) atoms. The molecule has 1 aromatic carbocycles. The Morgan fingerprint density at radius 2 is 1.04 bits per heavy atom.